The molecular formula is C16H24N4O4S. The van der Waals surface area contributed by atoms with E-state index in [2.05, 4.69) is 15.6 Å². The molecule has 0 aliphatic heterocycles. The number of rotatable bonds is 3. The van der Waals surface area contributed by atoms with E-state index in [0.717, 1.165) is 24.1 Å². The first-order valence-corrected chi connectivity index (χ1v) is 8.36. The largest absolute Gasteiger partial charge is 0.444 e. The summed E-state index contributed by atoms with van der Waals surface area (Å²) in [6.45, 7) is 7.26. The highest BCUT2D eigenvalue weighted by molar-refractivity contribution is 7.14. The fraction of sp³-hybridized carbons (Fsp3) is 0.438. The number of aliphatic hydroxyl groups excluding tert-OH is 1. The van der Waals surface area contributed by atoms with Crippen molar-refractivity contribution in [2.75, 3.05) is 17.7 Å². The Morgan fingerprint density at radius 3 is 2.44 bits per heavy atom. The molecule has 0 fully saturated rings. The van der Waals surface area contributed by atoms with Gasteiger partial charge in [-0.3, -0.25) is 10.1 Å². The van der Waals surface area contributed by atoms with Gasteiger partial charge in [0.1, 0.15) is 11.3 Å². The molecule has 2 aromatic heterocycles. The maximum absolute atomic E-state index is 12.1. The van der Waals surface area contributed by atoms with Crippen molar-refractivity contribution in [3.63, 3.8) is 0 Å². The van der Waals surface area contributed by atoms with Crippen LogP contribution in [0, 0.1) is 6.92 Å². The summed E-state index contributed by atoms with van der Waals surface area (Å²) in [6, 6.07) is 1.87. The number of carbonyl (C=O) groups is 2. The number of ether oxygens (including phenoxy) is 1. The summed E-state index contributed by atoms with van der Waals surface area (Å²) < 4.78 is 7.05. The third-order valence-electron chi connectivity index (χ3n) is 2.86. The van der Waals surface area contributed by atoms with Crippen LogP contribution in [0.3, 0.4) is 0 Å². The number of aryl methyl sites for hydroxylation is 2. The zero-order valence-electron chi connectivity index (χ0n) is 15.2. The van der Waals surface area contributed by atoms with Crippen LogP contribution in [0.1, 0.15) is 37.0 Å². The second-order valence-electron chi connectivity index (χ2n) is 6.10. The summed E-state index contributed by atoms with van der Waals surface area (Å²) in [5.41, 5.74) is 1.38. The SMILES string of the molecule is CO.Cc1cc(NC(=O)c2csc(NC(=O)OC(C)(C)C)n2)cn1C. The summed E-state index contributed by atoms with van der Waals surface area (Å²) in [6.07, 6.45) is 1.22. The minimum atomic E-state index is -0.600. The summed E-state index contributed by atoms with van der Waals surface area (Å²) in [7, 11) is 2.90. The molecule has 0 spiro atoms. The first-order chi connectivity index (χ1) is 11.6. The zero-order valence-corrected chi connectivity index (χ0v) is 16.0. The van der Waals surface area contributed by atoms with Crippen LogP contribution in [0.15, 0.2) is 17.6 Å². The molecule has 0 saturated carbocycles. The lowest BCUT2D eigenvalue weighted by atomic mass is 10.2. The van der Waals surface area contributed by atoms with Crippen molar-refractivity contribution >= 4 is 34.2 Å². The Hall–Kier alpha value is -2.39. The van der Waals surface area contributed by atoms with Gasteiger partial charge in [-0.15, -0.1) is 11.3 Å². The van der Waals surface area contributed by atoms with Gasteiger partial charge in [0, 0.05) is 31.4 Å². The fourth-order valence-electron chi connectivity index (χ4n) is 1.76. The number of aromatic nitrogens is 2. The minimum Gasteiger partial charge on any atom is -0.444 e. The molecule has 0 bridgehead atoms. The van der Waals surface area contributed by atoms with Gasteiger partial charge in [0.25, 0.3) is 5.91 Å². The number of carbonyl (C=O) groups excluding carboxylic acids is 2. The van der Waals surface area contributed by atoms with Gasteiger partial charge in [-0.1, -0.05) is 0 Å². The van der Waals surface area contributed by atoms with Gasteiger partial charge < -0.3 is 19.7 Å². The van der Waals surface area contributed by atoms with Crippen LogP contribution in [-0.2, 0) is 11.8 Å². The number of thiazole rings is 1. The third-order valence-corrected chi connectivity index (χ3v) is 3.61. The molecule has 25 heavy (non-hydrogen) atoms. The van der Waals surface area contributed by atoms with Crippen LogP contribution in [0.2, 0.25) is 0 Å². The Bertz CT molecular complexity index is 711. The molecule has 0 aliphatic carbocycles. The minimum absolute atomic E-state index is 0.238. The van der Waals surface area contributed by atoms with Gasteiger partial charge in [-0.05, 0) is 33.8 Å². The lowest BCUT2D eigenvalue weighted by molar-refractivity contribution is 0.0635. The molecule has 0 aliphatic rings. The van der Waals surface area contributed by atoms with Gasteiger partial charge in [0.2, 0.25) is 0 Å². The van der Waals surface area contributed by atoms with Gasteiger partial charge >= 0.3 is 6.09 Å². The molecule has 138 valence electrons. The first kappa shape index (κ1) is 20.7. The monoisotopic (exact) mass is 368 g/mol. The number of nitrogens with one attached hydrogen (secondary N) is 2. The lowest BCUT2D eigenvalue weighted by Crippen LogP contribution is -2.27. The van der Waals surface area contributed by atoms with Crippen LogP contribution >= 0.6 is 11.3 Å². The van der Waals surface area contributed by atoms with Crippen LogP contribution in [0.5, 0.6) is 0 Å². The van der Waals surface area contributed by atoms with Crippen molar-refractivity contribution in [1.29, 1.82) is 0 Å². The zero-order chi connectivity index (χ0) is 19.2. The van der Waals surface area contributed by atoms with Crippen LogP contribution in [-0.4, -0.2) is 39.4 Å². The number of anilines is 2. The number of hydrogen-bond donors (Lipinski definition) is 3. The van der Waals surface area contributed by atoms with E-state index in [0.29, 0.717) is 10.8 Å². The molecule has 0 saturated heterocycles. The van der Waals surface area contributed by atoms with E-state index in [-0.39, 0.29) is 11.6 Å². The van der Waals surface area contributed by atoms with E-state index in [1.807, 2.05) is 30.8 Å². The third kappa shape index (κ3) is 6.55. The Kier molecular flexibility index (Phi) is 7.13. The van der Waals surface area contributed by atoms with Crippen molar-refractivity contribution in [2.24, 2.45) is 7.05 Å². The van der Waals surface area contributed by atoms with Crippen LogP contribution < -0.4 is 10.6 Å². The molecule has 2 aromatic rings. The molecule has 0 radical (unpaired) electrons. The summed E-state index contributed by atoms with van der Waals surface area (Å²) in [5, 5.41) is 14.2. The fourth-order valence-corrected chi connectivity index (χ4v) is 2.44. The van der Waals surface area contributed by atoms with Gasteiger partial charge in [0.05, 0.1) is 5.69 Å². The Morgan fingerprint density at radius 2 is 1.92 bits per heavy atom. The van der Waals surface area contributed by atoms with Crippen LogP contribution in [0.4, 0.5) is 15.6 Å². The normalized spacial score (nSPS) is 10.5. The maximum atomic E-state index is 12.1. The van der Waals surface area contributed by atoms with E-state index in [1.54, 1.807) is 26.2 Å². The quantitative estimate of drug-likeness (QED) is 0.772. The molecule has 2 rings (SSSR count). The van der Waals surface area contributed by atoms with E-state index in [9.17, 15) is 9.59 Å². The van der Waals surface area contributed by atoms with Crippen molar-refractivity contribution in [1.82, 2.24) is 9.55 Å². The summed E-state index contributed by atoms with van der Waals surface area (Å²) in [4.78, 5) is 27.9. The van der Waals surface area contributed by atoms with Crippen molar-refractivity contribution < 1.29 is 19.4 Å². The smallest absolute Gasteiger partial charge is 0.413 e. The molecule has 9 heteroatoms. The van der Waals surface area contributed by atoms with Crippen molar-refractivity contribution in [3.05, 3.63) is 29.0 Å². The Labute approximate surface area is 150 Å². The second-order valence-corrected chi connectivity index (χ2v) is 6.96. The van der Waals surface area contributed by atoms with Gasteiger partial charge in [-0.25, -0.2) is 9.78 Å². The highest BCUT2D eigenvalue weighted by Crippen LogP contribution is 2.19. The number of aliphatic hydroxyl groups is 1. The molecular weight excluding hydrogens is 344 g/mol. The van der Waals surface area contributed by atoms with Crippen LogP contribution in [0.25, 0.3) is 0 Å². The topological polar surface area (TPSA) is 105 Å². The second kappa shape index (κ2) is 8.63. The predicted octanol–water partition coefficient (Wildman–Crippen LogP) is 3.00. The summed E-state index contributed by atoms with van der Waals surface area (Å²) in [5.74, 6) is -0.330. The highest BCUT2D eigenvalue weighted by Gasteiger charge is 2.18. The van der Waals surface area contributed by atoms with E-state index in [4.69, 9.17) is 9.84 Å². The van der Waals surface area contributed by atoms with E-state index in [1.165, 1.54) is 0 Å². The Morgan fingerprint density at radius 1 is 1.28 bits per heavy atom. The van der Waals surface area contributed by atoms with Gasteiger partial charge in [0.15, 0.2) is 5.13 Å². The number of hydrogen-bond acceptors (Lipinski definition) is 6. The molecule has 8 nitrogen and oxygen atoms in total. The standard InChI is InChI=1S/C15H20N4O3S.CH4O/c1-9-6-10(7-19(9)5)16-12(20)11-8-23-13(17-11)18-14(21)22-15(2,3)4;1-2/h6-8H,1-5H3,(H,16,20)(H,17,18,21);2H,1H3. The molecule has 2 heterocycles. The first-order valence-electron chi connectivity index (χ1n) is 7.48. The maximum Gasteiger partial charge on any atom is 0.413 e. The molecule has 3 N–H and O–H groups in total. The van der Waals surface area contributed by atoms with Crippen molar-refractivity contribution in [2.45, 2.75) is 33.3 Å². The highest BCUT2D eigenvalue weighted by atomic mass is 32.1. The average Bonchev–Trinajstić information content (AvgIpc) is 3.06. The van der Waals surface area contributed by atoms with E-state index < -0.39 is 11.7 Å². The van der Waals surface area contributed by atoms with E-state index >= 15 is 0 Å². The lowest BCUT2D eigenvalue weighted by Gasteiger charge is -2.18. The predicted molar refractivity (Wildman–Crippen MR) is 98.2 cm³/mol. The molecule has 0 unspecified atom stereocenters. The van der Waals surface area contributed by atoms with Gasteiger partial charge in [-0.2, -0.15) is 0 Å². The average molecular weight is 368 g/mol. The molecule has 0 atom stereocenters. The molecule has 0 aromatic carbocycles. The van der Waals surface area contributed by atoms with Crippen molar-refractivity contribution in [3.8, 4) is 0 Å². The Balaban J connectivity index is 0.00000151. The summed E-state index contributed by atoms with van der Waals surface area (Å²) >= 11 is 1.16. The molecule has 2 amide bonds. The number of nitrogens with zero attached hydrogens (tertiary/aromatic N) is 2. The number of amides is 2.